The van der Waals surface area contributed by atoms with Crippen LogP contribution in [0.25, 0.3) is 0 Å². The van der Waals surface area contributed by atoms with Crippen LogP contribution in [0.1, 0.15) is 60.3 Å². The van der Waals surface area contributed by atoms with Gasteiger partial charge in [-0.05, 0) is 37.0 Å². The Morgan fingerprint density at radius 2 is 1.78 bits per heavy atom. The third-order valence-electron chi connectivity index (χ3n) is 7.05. The van der Waals surface area contributed by atoms with E-state index >= 15 is 0 Å². The predicted octanol–water partition coefficient (Wildman–Crippen LogP) is 2.80. The molecule has 2 N–H and O–H groups in total. The standard InChI is InChI=1S/C19H34N2O2/c1-17(2,3)13-8-10-21(11-9-13)16(22)19(20)14-7-6-12-23-15(14)18(19,4)5/h13-15H,6-12,20H2,1-5H3. The van der Waals surface area contributed by atoms with Crippen molar-refractivity contribution in [3.8, 4) is 0 Å². The predicted molar refractivity (Wildman–Crippen MR) is 91.9 cm³/mol. The van der Waals surface area contributed by atoms with Crippen molar-refractivity contribution in [1.82, 2.24) is 4.90 Å². The van der Waals surface area contributed by atoms with Gasteiger partial charge >= 0.3 is 0 Å². The van der Waals surface area contributed by atoms with E-state index in [1.165, 1.54) is 0 Å². The minimum Gasteiger partial charge on any atom is -0.377 e. The van der Waals surface area contributed by atoms with Gasteiger partial charge in [-0.15, -0.1) is 0 Å². The van der Waals surface area contributed by atoms with E-state index in [-0.39, 0.29) is 23.3 Å². The van der Waals surface area contributed by atoms with Gasteiger partial charge in [-0.2, -0.15) is 0 Å². The number of carbonyl (C=O) groups is 1. The van der Waals surface area contributed by atoms with E-state index in [4.69, 9.17) is 10.5 Å². The Hall–Kier alpha value is -0.610. The van der Waals surface area contributed by atoms with Crippen LogP contribution >= 0.6 is 0 Å². The maximum Gasteiger partial charge on any atom is 0.243 e. The van der Waals surface area contributed by atoms with Gasteiger partial charge in [0.1, 0.15) is 5.54 Å². The quantitative estimate of drug-likeness (QED) is 0.807. The van der Waals surface area contributed by atoms with Crippen LogP contribution in [0.15, 0.2) is 0 Å². The topological polar surface area (TPSA) is 55.6 Å². The number of hydrogen-bond donors (Lipinski definition) is 1. The van der Waals surface area contributed by atoms with Gasteiger partial charge in [0.25, 0.3) is 0 Å². The molecule has 0 bridgehead atoms. The molecular weight excluding hydrogens is 288 g/mol. The maximum atomic E-state index is 13.3. The molecule has 2 aliphatic heterocycles. The first-order valence-electron chi connectivity index (χ1n) is 9.30. The van der Waals surface area contributed by atoms with Crippen molar-refractivity contribution in [3.05, 3.63) is 0 Å². The molecule has 0 spiro atoms. The molecule has 2 heterocycles. The van der Waals surface area contributed by atoms with E-state index in [1.54, 1.807) is 0 Å². The summed E-state index contributed by atoms with van der Waals surface area (Å²) in [6, 6.07) is 0. The lowest BCUT2D eigenvalue weighted by atomic mass is 9.46. The van der Waals surface area contributed by atoms with Crippen molar-refractivity contribution in [2.24, 2.45) is 28.4 Å². The van der Waals surface area contributed by atoms with Gasteiger partial charge in [-0.1, -0.05) is 34.6 Å². The van der Waals surface area contributed by atoms with E-state index in [0.717, 1.165) is 45.4 Å². The Kier molecular flexibility index (Phi) is 4.08. The van der Waals surface area contributed by atoms with Crippen LogP contribution < -0.4 is 5.73 Å². The average Bonchev–Trinajstić information content (AvgIpc) is 2.52. The van der Waals surface area contributed by atoms with Crippen LogP contribution in [0, 0.1) is 22.7 Å². The summed E-state index contributed by atoms with van der Waals surface area (Å²) in [7, 11) is 0. The fourth-order valence-electron chi connectivity index (χ4n) is 5.22. The minimum absolute atomic E-state index is 0.150. The molecule has 3 aliphatic rings. The molecule has 0 radical (unpaired) electrons. The van der Waals surface area contributed by atoms with E-state index in [1.807, 2.05) is 4.90 Å². The van der Waals surface area contributed by atoms with Crippen molar-refractivity contribution in [1.29, 1.82) is 0 Å². The molecular formula is C19H34N2O2. The number of amides is 1. The number of piperidine rings is 1. The molecule has 3 atom stereocenters. The van der Waals surface area contributed by atoms with E-state index in [9.17, 15) is 4.79 Å². The van der Waals surface area contributed by atoms with Crippen molar-refractivity contribution in [2.75, 3.05) is 19.7 Å². The molecule has 132 valence electrons. The summed E-state index contributed by atoms with van der Waals surface area (Å²) < 4.78 is 5.94. The number of fused-ring (bicyclic) bond motifs is 1. The first-order chi connectivity index (χ1) is 10.6. The lowest BCUT2D eigenvalue weighted by Gasteiger charge is -2.66. The fraction of sp³-hybridized carbons (Fsp3) is 0.947. The SMILES string of the molecule is CC(C)(C)C1CCN(C(=O)C2(N)C3CCCOC3C2(C)C)CC1. The van der Waals surface area contributed by atoms with Gasteiger partial charge in [0, 0.05) is 31.0 Å². The van der Waals surface area contributed by atoms with Gasteiger partial charge in [0.15, 0.2) is 0 Å². The number of rotatable bonds is 1. The van der Waals surface area contributed by atoms with Crippen LogP contribution in [0.3, 0.4) is 0 Å². The molecule has 1 aliphatic carbocycles. The van der Waals surface area contributed by atoms with Gasteiger partial charge in [-0.3, -0.25) is 4.79 Å². The Morgan fingerprint density at radius 3 is 2.35 bits per heavy atom. The zero-order valence-electron chi connectivity index (χ0n) is 15.5. The Labute approximate surface area is 141 Å². The second-order valence-corrected chi connectivity index (χ2v) is 9.56. The lowest BCUT2D eigenvalue weighted by molar-refractivity contribution is -0.230. The highest BCUT2D eigenvalue weighted by molar-refractivity contribution is 5.89. The summed E-state index contributed by atoms with van der Waals surface area (Å²) >= 11 is 0. The van der Waals surface area contributed by atoms with Gasteiger partial charge < -0.3 is 15.4 Å². The smallest absolute Gasteiger partial charge is 0.243 e. The zero-order valence-corrected chi connectivity index (χ0v) is 15.5. The molecule has 2 saturated heterocycles. The maximum absolute atomic E-state index is 13.3. The van der Waals surface area contributed by atoms with Crippen molar-refractivity contribution < 1.29 is 9.53 Å². The molecule has 4 nitrogen and oxygen atoms in total. The average molecular weight is 322 g/mol. The van der Waals surface area contributed by atoms with Gasteiger partial charge in [0.2, 0.25) is 5.91 Å². The highest BCUT2D eigenvalue weighted by Crippen LogP contribution is 2.58. The summed E-state index contributed by atoms with van der Waals surface area (Å²) in [4.78, 5) is 15.3. The second-order valence-electron chi connectivity index (χ2n) is 9.56. The minimum atomic E-state index is -0.743. The summed E-state index contributed by atoms with van der Waals surface area (Å²) in [5.41, 5.74) is 6.07. The summed E-state index contributed by atoms with van der Waals surface area (Å²) in [5, 5.41) is 0. The lowest BCUT2D eigenvalue weighted by Crippen LogP contribution is -2.82. The number of nitrogens with two attached hydrogens (primary N) is 1. The molecule has 0 aromatic rings. The van der Waals surface area contributed by atoms with Crippen molar-refractivity contribution >= 4 is 5.91 Å². The molecule has 3 unspecified atom stereocenters. The van der Waals surface area contributed by atoms with Crippen LogP contribution in [0.5, 0.6) is 0 Å². The molecule has 1 saturated carbocycles. The first kappa shape index (κ1) is 17.2. The molecule has 0 aromatic heterocycles. The highest BCUT2D eigenvalue weighted by Gasteiger charge is 2.70. The summed E-state index contributed by atoms with van der Waals surface area (Å²) in [5.74, 6) is 1.06. The Balaban J connectivity index is 1.71. The first-order valence-corrected chi connectivity index (χ1v) is 9.30. The monoisotopic (exact) mass is 322 g/mol. The number of nitrogens with zero attached hydrogens (tertiary/aromatic N) is 1. The number of likely N-dealkylation sites (tertiary alicyclic amines) is 1. The normalized spacial score (nSPS) is 37.9. The molecule has 4 heteroatoms. The third kappa shape index (κ3) is 2.44. The molecule has 3 rings (SSSR count). The van der Waals surface area contributed by atoms with Crippen molar-refractivity contribution in [2.45, 2.75) is 71.9 Å². The van der Waals surface area contributed by atoms with Crippen LogP contribution in [0.4, 0.5) is 0 Å². The molecule has 1 amide bonds. The van der Waals surface area contributed by atoms with Crippen LogP contribution in [0.2, 0.25) is 0 Å². The summed E-state index contributed by atoms with van der Waals surface area (Å²) in [6.45, 7) is 13.7. The number of carbonyl (C=O) groups excluding carboxylic acids is 1. The van der Waals surface area contributed by atoms with Gasteiger partial charge in [0.05, 0.1) is 6.10 Å². The third-order valence-corrected chi connectivity index (χ3v) is 7.05. The largest absolute Gasteiger partial charge is 0.377 e. The Morgan fingerprint density at radius 1 is 1.17 bits per heavy atom. The highest BCUT2D eigenvalue weighted by atomic mass is 16.5. The number of ether oxygens (including phenoxy) is 1. The molecule has 0 aromatic carbocycles. The second kappa shape index (κ2) is 5.45. The fourth-order valence-corrected chi connectivity index (χ4v) is 5.22. The number of hydrogen-bond acceptors (Lipinski definition) is 3. The van der Waals surface area contributed by atoms with Gasteiger partial charge in [-0.25, -0.2) is 0 Å². The Bertz CT molecular complexity index is 474. The van der Waals surface area contributed by atoms with E-state index in [2.05, 4.69) is 34.6 Å². The molecule has 3 fully saturated rings. The van der Waals surface area contributed by atoms with E-state index < -0.39 is 5.54 Å². The van der Waals surface area contributed by atoms with Crippen LogP contribution in [-0.4, -0.2) is 42.1 Å². The zero-order chi connectivity index (χ0) is 17.0. The van der Waals surface area contributed by atoms with Crippen molar-refractivity contribution in [3.63, 3.8) is 0 Å². The van der Waals surface area contributed by atoms with E-state index in [0.29, 0.717) is 11.3 Å². The van der Waals surface area contributed by atoms with Crippen LogP contribution in [-0.2, 0) is 9.53 Å². The molecule has 23 heavy (non-hydrogen) atoms. The summed E-state index contributed by atoms with van der Waals surface area (Å²) in [6.07, 6.45) is 4.38.